The Hall–Kier alpha value is -1.69. The lowest BCUT2D eigenvalue weighted by molar-refractivity contribution is -0.209. The number of carbonyl (C=O) groups is 3. The maximum Gasteiger partial charge on any atom is 0.302 e. The number of fused-ring (bicyclic) bond motifs is 7. The van der Waals surface area contributed by atoms with E-state index in [1.54, 1.807) is 0 Å². The first-order valence-electron chi connectivity index (χ1n) is 16.4. The number of allylic oxidation sites excluding steroid dienone is 2. The Bertz CT molecular complexity index is 1130. The highest BCUT2D eigenvalue weighted by Crippen LogP contribution is 2.74. The normalized spacial score (nSPS) is 47.5. The number of ketones is 1. The van der Waals surface area contributed by atoms with E-state index in [2.05, 4.69) is 59.9 Å². The van der Waals surface area contributed by atoms with Crippen LogP contribution in [0.25, 0.3) is 0 Å². The number of nitrogens with one attached hydrogen (secondary N) is 1. The molecule has 0 aliphatic heterocycles. The second-order valence-electron chi connectivity index (χ2n) is 16.2. The first-order valence-corrected chi connectivity index (χ1v) is 16.4. The van der Waals surface area contributed by atoms with E-state index in [-0.39, 0.29) is 81.7 Å². The Balaban J connectivity index is 1.53. The molecule has 4 fully saturated rings. The van der Waals surface area contributed by atoms with Crippen molar-refractivity contribution >= 4 is 17.7 Å². The molecule has 230 valence electrons. The standard InChI is InChI=1S/C35H55NO5/c1-19-16-24(31(40)36-20(2)18-37)23-10-14-34(8)25(29(23)21(19)3)17-26(39)30-33(7)13-12-28(41-22(4)38)32(5,6)27(33)11-15-35(30,34)9/h17,19-21,23-24,27-30,37H,10-16,18H2,1-9H3,(H,36,40)/t19-,20?,21+,23?,24-,27?,28+,29?,30?,33+,34-,35-/m1/s1. The molecule has 41 heavy (non-hydrogen) atoms. The lowest BCUT2D eigenvalue weighted by atomic mass is 9.34. The molecule has 0 aromatic rings. The summed E-state index contributed by atoms with van der Waals surface area (Å²) in [6, 6.07) is -0.254. The molecule has 5 unspecified atom stereocenters. The van der Waals surface area contributed by atoms with Gasteiger partial charge in [-0.2, -0.15) is 0 Å². The van der Waals surface area contributed by atoms with Gasteiger partial charge in [-0.25, -0.2) is 0 Å². The van der Waals surface area contributed by atoms with Crippen molar-refractivity contribution < 1.29 is 24.2 Å². The third-order valence-electron chi connectivity index (χ3n) is 13.9. The van der Waals surface area contributed by atoms with E-state index >= 15 is 0 Å². The van der Waals surface area contributed by atoms with Gasteiger partial charge in [-0.3, -0.25) is 14.4 Å². The highest BCUT2D eigenvalue weighted by Gasteiger charge is 2.70. The third-order valence-corrected chi connectivity index (χ3v) is 13.9. The number of amides is 1. The fourth-order valence-corrected chi connectivity index (χ4v) is 11.5. The molecule has 4 saturated carbocycles. The Morgan fingerprint density at radius 2 is 1.76 bits per heavy atom. The van der Waals surface area contributed by atoms with Gasteiger partial charge in [-0.15, -0.1) is 0 Å². The minimum absolute atomic E-state index is 0.0579. The summed E-state index contributed by atoms with van der Waals surface area (Å²) in [5.41, 5.74) is 0.725. The van der Waals surface area contributed by atoms with Gasteiger partial charge in [0.1, 0.15) is 6.10 Å². The van der Waals surface area contributed by atoms with Crippen molar-refractivity contribution in [1.29, 1.82) is 0 Å². The second-order valence-corrected chi connectivity index (χ2v) is 16.2. The molecule has 5 rings (SSSR count). The summed E-state index contributed by atoms with van der Waals surface area (Å²) in [5, 5.41) is 12.6. The van der Waals surface area contributed by atoms with Gasteiger partial charge in [0.05, 0.1) is 6.61 Å². The average Bonchev–Trinajstić information content (AvgIpc) is 2.88. The smallest absolute Gasteiger partial charge is 0.302 e. The first-order chi connectivity index (χ1) is 19.0. The van der Waals surface area contributed by atoms with E-state index < -0.39 is 0 Å². The van der Waals surface area contributed by atoms with Crippen LogP contribution in [0.1, 0.15) is 107 Å². The van der Waals surface area contributed by atoms with Crippen molar-refractivity contribution in [1.82, 2.24) is 5.32 Å². The zero-order chi connectivity index (χ0) is 30.3. The molecule has 5 aliphatic carbocycles. The molecule has 5 aliphatic rings. The van der Waals surface area contributed by atoms with Crippen molar-refractivity contribution in [3.8, 4) is 0 Å². The number of carbonyl (C=O) groups excluding carboxylic acids is 3. The molecule has 2 N–H and O–H groups in total. The zero-order valence-electron chi connectivity index (χ0n) is 27.0. The average molecular weight is 570 g/mol. The maximum atomic E-state index is 14.6. The fourth-order valence-electron chi connectivity index (χ4n) is 11.5. The zero-order valence-corrected chi connectivity index (χ0v) is 27.0. The molecule has 6 nitrogen and oxygen atoms in total. The van der Waals surface area contributed by atoms with Gasteiger partial charge in [0.15, 0.2) is 5.78 Å². The summed E-state index contributed by atoms with van der Waals surface area (Å²) in [6.07, 6.45) is 8.55. The summed E-state index contributed by atoms with van der Waals surface area (Å²) in [5.74, 6) is 1.53. The molecule has 0 radical (unpaired) electrons. The van der Waals surface area contributed by atoms with E-state index in [1.807, 2.05) is 6.92 Å². The van der Waals surface area contributed by atoms with Crippen molar-refractivity contribution in [2.45, 2.75) is 119 Å². The van der Waals surface area contributed by atoms with Gasteiger partial charge in [0.25, 0.3) is 0 Å². The quantitative estimate of drug-likeness (QED) is 0.399. The van der Waals surface area contributed by atoms with Crippen LogP contribution in [0.5, 0.6) is 0 Å². The van der Waals surface area contributed by atoms with Crippen LogP contribution in [0.2, 0.25) is 0 Å². The van der Waals surface area contributed by atoms with Gasteiger partial charge in [-0.1, -0.05) is 54.0 Å². The van der Waals surface area contributed by atoms with Crippen molar-refractivity contribution in [2.24, 2.45) is 63.1 Å². The Labute approximate surface area is 247 Å². The van der Waals surface area contributed by atoms with Gasteiger partial charge < -0.3 is 15.2 Å². The maximum absolute atomic E-state index is 14.6. The van der Waals surface area contributed by atoms with Crippen LogP contribution in [-0.4, -0.2) is 41.5 Å². The molecular formula is C35H55NO5. The minimum atomic E-state index is -0.254. The third kappa shape index (κ3) is 4.39. The lowest BCUT2D eigenvalue weighted by Crippen LogP contribution is -2.66. The van der Waals surface area contributed by atoms with Gasteiger partial charge in [0, 0.05) is 30.2 Å². The molecule has 0 spiro atoms. The van der Waals surface area contributed by atoms with E-state index in [1.165, 1.54) is 12.5 Å². The van der Waals surface area contributed by atoms with Crippen LogP contribution in [-0.2, 0) is 19.1 Å². The van der Waals surface area contributed by atoms with Crippen LogP contribution < -0.4 is 5.32 Å². The number of esters is 1. The van der Waals surface area contributed by atoms with E-state index in [0.717, 1.165) is 44.9 Å². The second kappa shape index (κ2) is 10.2. The van der Waals surface area contributed by atoms with Crippen molar-refractivity contribution in [3.05, 3.63) is 11.6 Å². The molecule has 0 aromatic carbocycles. The van der Waals surface area contributed by atoms with E-state index in [0.29, 0.717) is 17.8 Å². The number of aliphatic hydroxyl groups excluding tert-OH is 1. The molecule has 0 bridgehead atoms. The summed E-state index contributed by atoms with van der Waals surface area (Å²) in [6.45, 7) is 19.6. The molecule has 12 atom stereocenters. The number of aliphatic hydroxyl groups is 1. The number of rotatable bonds is 4. The lowest BCUT2D eigenvalue weighted by Gasteiger charge is -2.70. The molecule has 1 amide bonds. The molecular weight excluding hydrogens is 514 g/mol. The van der Waals surface area contributed by atoms with Crippen molar-refractivity contribution in [3.63, 3.8) is 0 Å². The number of hydrogen-bond donors (Lipinski definition) is 2. The van der Waals surface area contributed by atoms with E-state index in [9.17, 15) is 19.5 Å². The summed E-state index contributed by atoms with van der Waals surface area (Å²) in [7, 11) is 0. The summed E-state index contributed by atoms with van der Waals surface area (Å²) < 4.78 is 5.85. The first kappa shape index (κ1) is 30.8. The Kier molecular flexibility index (Phi) is 7.65. The number of hydrogen-bond acceptors (Lipinski definition) is 5. The minimum Gasteiger partial charge on any atom is -0.462 e. The molecule has 0 saturated heterocycles. The molecule has 0 heterocycles. The largest absolute Gasteiger partial charge is 0.462 e. The van der Waals surface area contributed by atoms with Crippen LogP contribution in [0, 0.1) is 63.1 Å². The van der Waals surface area contributed by atoms with Gasteiger partial charge in [-0.05, 0) is 104 Å². The molecule has 6 heteroatoms. The Morgan fingerprint density at radius 1 is 1.07 bits per heavy atom. The predicted octanol–water partition coefficient (Wildman–Crippen LogP) is 6.11. The summed E-state index contributed by atoms with van der Waals surface area (Å²) >= 11 is 0. The summed E-state index contributed by atoms with van der Waals surface area (Å²) in [4.78, 5) is 40.0. The Morgan fingerprint density at radius 3 is 2.39 bits per heavy atom. The topological polar surface area (TPSA) is 92.7 Å². The van der Waals surface area contributed by atoms with Gasteiger partial charge in [0.2, 0.25) is 5.91 Å². The van der Waals surface area contributed by atoms with Crippen LogP contribution in [0.15, 0.2) is 11.6 Å². The molecule has 0 aromatic heterocycles. The van der Waals surface area contributed by atoms with Crippen LogP contribution in [0.3, 0.4) is 0 Å². The van der Waals surface area contributed by atoms with Crippen molar-refractivity contribution in [2.75, 3.05) is 6.61 Å². The van der Waals surface area contributed by atoms with Crippen LogP contribution >= 0.6 is 0 Å². The predicted molar refractivity (Wildman–Crippen MR) is 160 cm³/mol. The van der Waals surface area contributed by atoms with E-state index in [4.69, 9.17) is 4.74 Å². The monoisotopic (exact) mass is 569 g/mol. The highest BCUT2D eigenvalue weighted by atomic mass is 16.5. The highest BCUT2D eigenvalue weighted by molar-refractivity contribution is 5.95. The fraction of sp³-hybridized carbons (Fsp3) is 0.857. The number of ether oxygens (including phenoxy) is 1. The SMILES string of the molecule is CC(=O)O[C@H]1CC[C@@]2(C)C(CC[C@]3(C)C2C(=O)C=C2C4C(CC[C@]23C)[C@H](C(=O)NC(C)CO)C[C@@H](C)[C@@H]4C)C1(C)C. The van der Waals surface area contributed by atoms with Crippen LogP contribution in [0.4, 0.5) is 0 Å². The van der Waals surface area contributed by atoms with Gasteiger partial charge >= 0.3 is 5.97 Å².